The number of aromatic nitrogens is 1. The molecule has 0 aliphatic carbocycles. The molecule has 0 saturated heterocycles. The summed E-state index contributed by atoms with van der Waals surface area (Å²) in [7, 11) is -1.60. The Hall–Kier alpha value is -2.00. The molecule has 0 amide bonds. The highest BCUT2D eigenvalue weighted by Gasteiger charge is 2.45. The predicted molar refractivity (Wildman–Crippen MR) is 97.6 cm³/mol. The first-order valence-corrected chi connectivity index (χ1v) is 9.75. The van der Waals surface area contributed by atoms with E-state index in [0.29, 0.717) is 17.5 Å². The maximum absolute atomic E-state index is 14.3. The van der Waals surface area contributed by atoms with Crippen LogP contribution >= 0.6 is 0 Å². The fraction of sp³-hybridized carbons (Fsp3) is 0.421. The van der Waals surface area contributed by atoms with Crippen molar-refractivity contribution < 1.29 is 26.5 Å². The minimum Gasteiger partial charge on any atom is -0.491 e. The van der Waals surface area contributed by atoms with Gasteiger partial charge in [0.05, 0.1) is 27.9 Å². The van der Waals surface area contributed by atoms with Crippen molar-refractivity contribution in [1.82, 2.24) is 9.71 Å². The Morgan fingerprint density at radius 3 is 2.54 bits per heavy atom. The second-order valence-electron chi connectivity index (χ2n) is 7.53. The van der Waals surface area contributed by atoms with Gasteiger partial charge in [-0.3, -0.25) is 4.98 Å². The first kappa shape index (κ1) is 20.7. The number of alkyl halides is 3. The molecule has 0 bridgehead atoms. The molecule has 0 unspecified atom stereocenters. The van der Waals surface area contributed by atoms with Crippen molar-refractivity contribution in [2.24, 2.45) is 0 Å². The molecule has 1 aliphatic heterocycles. The third kappa shape index (κ3) is 3.77. The molecule has 0 saturated carbocycles. The third-order valence-electron chi connectivity index (χ3n) is 4.50. The van der Waals surface area contributed by atoms with E-state index in [1.165, 1.54) is 12.3 Å². The maximum atomic E-state index is 14.3. The standard InChI is InChI=1S/C19H20F4N2O2S/c1-17(2,3)28(26)25-18(8-10-27-15-5-4-9-24-16(15)18)12-6-7-13(14(20)11-12)19(21,22)23/h4-7,9,11,25H,8,10H2,1-3H3/t18-,28-/m0/s1. The first-order valence-electron chi connectivity index (χ1n) is 8.60. The van der Waals surface area contributed by atoms with Gasteiger partial charge in [-0.25, -0.2) is 13.3 Å². The van der Waals surface area contributed by atoms with E-state index in [1.54, 1.807) is 32.9 Å². The van der Waals surface area contributed by atoms with Gasteiger partial charge in [0.25, 0.3) is 0 Å². The van der Waals surface area contributed by atoms with Crippen LogP contribution < -0.4 is 9.46 Å². The first-order chi connectivity index (χ1) is 12.9. The predicted octanol–water partition coefficient (Wildman–Crippen LogP) is 4.32. The van der Waals surface area contributed by atoms with Gasteiger partial charge in [0, 0.05) is 12.6 Å². The van der Waals surface area contributed by atoms with E-state index in [9.17, 15) is 21.8 Å². The van der Waals surface area contributed by atoms with Crippen LogP contribution in [-0.4, -0.2) is 20.5 Å². The lowest BCUT2D eigenvalue weighted by Gasteiger charge is -2.40. The van der Waals surface area contributed by atoms with Gasteiger partial charge in [0.15, 0.2) is 0 Å². The Kier molecular flexibility index (Phi) is 5.26. The van der Waals surface area contributed by atoms with Gasteiger partial charge in [-0.1, -0.05) is 6.07 Å². The van der Waals surface area contributed by atoms with E-state index in [2.05, 4.69) is 9.71 Å². The highest BCUT2D eigenvalue weighted by Crippen LogP contribution is 2.42. The molecule has 2 atom stereocenters. The second-order valence-corrected chi connectivity index (χ2v) is 9.50. The van der Waals surface area contributed by atoms with Crippen LogP contribution in [0.4, 0.5) is 17.6 Å². The molecule has 0 fully saturated rings. The number of nitrogens with zero attached hydrogens (tertiary/aromatic N) is 1. The van der Waals surface area contributed by atoms with Crippen LogP contribution in [-0.2, 0) is 22.7 Å². The summed E-state index contributed by atoms with van der Waals surface area (Å²) in [6, 6.07) is 6.05. The third-order valence-corrected chi connectivity index (χ3v) is 6.15. The lowest BCUT2D eigenvalue weighted by Crippen LogP contribution is -2.51. The molecule has 1 aromatic carbocycles. The molecule has 152 valence electrons. The van der Waals surface area contributed by atoms with Gasteiger partial charge in [-0.15, -0.1) is 0 Å². The molecule has 2 heterocycles. The number of ether oxygens (including phenoxy) is 1. The zero-order valence-electron chi connectivity index (χ0n) is 15.6. The van der Waals surface area contributed by atoms with Crippen molar-refractivity contribution in [2.75, 3.05) is 6.61 Å². The molecule has 2 aromatic rings. The molecule has 3 rings (SSSR count). The zero-order valence-corrected chi connectivity index (χ0v) is 16.4. The van der Waals surface area contributed by atoms with E-state index >= 15 is 0 Å². The molecule has 1 aromatic heterocycles. The smallest absolute Gasteiger partial charge is 0.419 e. The van der Waals surface area contributed by atoms with E-state index in [0.717, 1.165) is 6.07 Å². The van der Waals surface area contributed by atoms with Crippen LogP contribution in [0.1, 0.15) is 44.0 Å². The summed E-state index contributed by atoms with van der Waals surface area (Å²) in [5.41, 5.74) is -2.04. The Morgan fingerprint density at radius 1 is 1.21 bits per heavy atom. The van der Waals surface area contributed by atoms with Gasteiger partial charge in [0.1, 0.15) is 22.8 Å². The van der Waals surface area contributed by atoms with Crippen LogP contribution in [0.2, 0.25) is 0 Å². The largest absolute Gasteiger partial charge is 0.491 e. The van der Waals surface area contributed by atoms with Crippen molar-refractivity contribution in [3.05, 3.63) is 59.2 Å². The van der Waals surface area contributed by atoms with Gasteiger partial charge < -0.3 is 4.74 Å². The summed E-state index contributed by atoms with van der Waals surface area (Å²) < 4.78 is 74.1. The zero-order chi connectivity index (χ0) is 20.7. The average molecular weight is 416 g/mol. The summed E-state index contributed by atoms with van der Waals surface area (Å²) in [5, 5.41) is 0. The van der Waals surface area contributed by atoms with Gasteiger partial charge in [-0.2, -0.15) is 13.2 Å². The quantitative estimate of drug-likeness (QED) is 0.759. The van der Waals surface area contributed by atoms with Crippen molar-refractivity contribution in [2.45, 2.75) is 43.7 Å². The number of nitrogens with one attached hydrogen (secondary N) is 1. The molecule has 4 nitrogen and oxygen atoms in total. The van der Waals surface area contributed by atoms with Crippen molar-refractivity contribution in [3.63, 3.8) is 0 Å². The minimum atomic E-state index is -4.80. The summed E-state index contributed by atoms with van der Waals surface area (Å²) >= 11 is 0. The molecular weight excluding hydrogens is 396 g/mol. The summed E-state index contributed by atoms with van der Waals surface area (Å²) in [6.07, 6.45) is -3.07. The molecule has 28 heavy (non-hydrogen) atoms. The van der Waals surface area contributed by atoms with E-state index in [-0.39, 0.29) is 18.6 Å². The Balaban J connectivity index is 2.19. The molecule has 0 radical (unpaired) electrons. The number of rotatable bonds is 3. The molecular formula is C19H20F4N2O2S. The number of benzene rings is 1. The van der Waals surface area contributed by atoms with Gasteiger partial charge in [-0.05, 0) is 50.6 Å². The maximum Gasteiger partial charge on any atom is 0.419 e. The van der Waals surface area contributed by atoms with Crippen molar-refractivity contribution in [3.8, 4) is 5.75 Å². The van der Waals surface area contributed by atoms with E-state index in [1.807, 2.05) is 0 Å². The van der Waals surface area contributed by atoms with Crippen LogP contribution in [0, 0.1) is 5.82 Å². The van der Waals surface area contributed by atoms with Crippen molar-refractivity contribution >= 4 is 11.0 Å². The monoisotopic (exact) mass is 416 g/mol. The highest BCUT2D eigenvalue weighted by molar-refractivity contribution is 7.84. The number of halogens is 4. The number of pyridine rings is 1. The molecule has 1 N–H and O–H groups in total. The van der Waals surface area contributed by atoms with Gasteiger partial charge in [0.2, 0.25) is 0 Å². The SMILES string of the molecule is CC(C)(C)[S@](=O)N[C@]1(c2ccc(C(F)(F)F)c(F)c2)CCOc2cccnc21. The van der Waals surface area contributed by atoms with Crippen molar-refractivity contribution in [1.29, 1.82) is 0 Å². The van der Waals surface area contributed by atoms with Gasteiger partial charge >= 0.3 is 6.18 Å². The Morgan fingerprint density at radius 2 is 1.93 bits per heavy atom. The fourth-order valence-corrected chi connectivity index (χ4v) is 3.96. The van der Waals surface area contributed by atoms with Crippen LogP contribution in [0.5, 0.6) is 5.75 Å². The lowest BCUT2D eigenvalue weighted by molar-refractivity contribution is -0.140. The summed E-state index contributed by atoms with van der Waals surface area (Å²) in [4.78, 5) is 4.32. The second kappa shape index (κ2) is 7.11. The Labute approximate surface area is 162 Å². The number of fused-ring (bicyclic) bond motifs is 1. The Bertz CT molecular complexity index is 912. The lowest BCUT2D eigenvalue weighted by atomic mass is 9.82. The number of hydrogen-bond donors (Lipinski definition) is 1. The van der Waals surface area contributed by atoms with Crippen LogP contribution in [0.15, 0.2) is 36.5 Å². The summed E-state index contributed by atoms with van der Waals surface area (Å²) in [6.45, 7) is 5.48. The molecule has 9 heteroatoms. The minimum absolute atomic E-state index is 0.204. The fourth-order valence-electron chi connectivity index (χ4n) is 3.02. The van der Waals surface area contributed by atoms with E-state index in [4.69, 9.17) is 4.74 Å². The van der Waals surface area contributed by atoms with Crippen LogP contribution in [0.25, 0.3) is 0 Å². The topological polar surface area (TPSA) is 51.2 Å². The number of hydrogen-bond acceptors (Lipinski definition) is 3. The molecule has 0 spiro atoms. The normalized spacial score (nSPS) is 21.0. The highest BCUT2D eigenvalue weighted by atomic mass is 32.2. The van der Waals surface area contributed by atoms with E-state index < -0.39 is 38.8 Å². The average Bonchev–Trinajstić information content (AvgIpc) is 2.60. The molecule has 1 aliphatic rings. The summed E-state index contributed by atoms with van der Waals surface area (Å²) in [5.74, 6) is -0.982. The van der Waals surface area contributed by atoms with Crippen LogP contribution in [0.3, 0.4) is 0 Å².